The first-order valence-electron chi connectivity index (χ1n) is 5.56. The molecule has 1 saturated heterocycles. The molecular formula is C10H20N2O3S. The van der Waals surface area contributed by atoms with Crippen molar-refractivity contribution in [2.45, 2.75) is 44.9 Å². The summed E-state index contributed by atoms with van der Waals surface area (Å²) in [5, 5.41) is -0.457. The quantitative estimate of drug-likeness (QED) is 0.780. The molecule has 0 aromatic heterocycles. The Kier molecular flexibility index (Phi) is 3.96. The van der Waals surface area contributed by atoms with Crippen molar-refractivity contribution in [1.29, 1.82) is 0 Å². The average molecular weight is 248 g/mol. The van der Waals surface area contributed by atoms with Crippen molar-refractivity contribution in [3.8, 4) is 0 Å². The smallest absolute Gasteiger partial charge is 0.221 e. The lowest BCUT2D eigenvalue weighted by Gasteiger charge is -2.36. The van der Waals surface area contributed by atoms with Gasteiger partial charge in [-0.3, -0.25) is 4.79 Å². The van der Waals surface area contributed by atoms with Gasteiger partial charge < -0.3 is 5.73 Å². The molecule has 94 valence electrons. The Morgan fingerprint density at radius 3 is 2.38 bits per heavy atom. The van der Waals surface area contributed by atoms with Gasteiger partial charge in [-0.15, -0.1) is 0 Å². The van der Waals surface area contributed by atoms with Crippen LogP contribution < -0.4 is 5.73 Å². The lowest BCUT2D eigenvalue weighted by Crippen LogP contribution is -2.50. The van der Waals surface area contributed by atoms with Gasteiger partial charge in [0.1, 0.15) is 0 Å². The Morgan fingerprint density at radius 2 is 1.94 bits per heavy atom. The molecular weight excluding hydrogens is 228 g/mol. The lowest BCUT2D eigenvalue weighted by molar-refractivity contribution is -0.123. The van der Waals surface area contributed by atoms with E-state index in [1.54, 1.807) is 13.8 Å². The molecule has 0 spiro atoms. The number of carbonyl (C=O) groups is 1. The molecule has 1 rings (SSSR count). The van der Waals surface area contributed by atoms with Gasteiger partial charge in [0, 0.05) is 12.6 Å². The minimum Gasteiger partial charge on any atom is -0.369 e. The molecule has 0 radical (unpaired) electrons. The van der Waals surface area contributed by atoms with Gasteiger partial charge in [-0.25, -0.2) is 8.42 Å². The van der Waals surface area contributed by atoms with E-state index in [0.717, 1.165) is 0 Å². The third kappa shape index (κ3) is 2.55. The standard InChI is InChI=1S/C10H20N2O3S/c1-7(2)16(14,15)12-6-9(10(11)13)5-4-8(12)3/h7-9H,4-6H2,1-3H3,(H2,11,13). The van der Waals surface area contributed by atoms with Crippen LogP contribution in [0.25, 0.3) is 0 Å². The van der Waals surface area contributed by atoms with Crippen LogP contribution in [0, 0.1) is 5.92 Å². The molecule has 2 atom stereocenters. The van der Waals surface area contributed by atoms with Crippen LogP contribution in [-0.2, 0) is 14.8 Å². The van der Waals surface area contributed by atoms with Gasteiger partial charge in [-0.2, -0.15) is 4.31 Å². The van der Waals surface area contributed by atoms with Crippen molar-refractivity contribution < 1.29 is 13.2 Å². The second kappa shape index (κ2) is 4.71. The molecule has 1 aliphatic rings. The van der Waals surface area contributed by atoms with Crippen molar-refractivity contribution in [3.05, 3.63) is 0 Å². The maximum absolute atomic E-state index is 12.0. The third-order valence-corrected chi connectivity index (χ3v) is 5.50. The molecule has 1 aliphatic heterocycles. The summed E-state index contributed by atoms with van der Waals surface area (Å²) in [7, 11) is -3.29. The average Bonchev–Trinajstić information content (AvgIpc) is 2.17. The summed E-state index contributed by atoms with van der Waals surface area (Å²) in [6, 6.07) is -0.0389. The number of carbonyl (C=O) groups excluding carboxylic acids is 1. The summed E-state index contributed by atoms with van der Waals surface area (Å²) >= 11 is 0. The molecule has 1 amide bonds. The maximum atomic E-state index is 12.0. The number of nitrogens with zero attached hydrogens (tertiary/aromatic N) is 1. The monoisotopic (exact) mass is 248 g/mol. The summed E-state index contributed by atoms with van der Waals surface area (Å²) in [6.45, 7) is 5.40. The zero-order chi connectivity index (χ0) is 12.5. The fourth-order valence-corrected chi connectivity index (χ4v) is 3.47. The second-order valence-electron chi connectivity index (χ2n) is 4.69. The van der Waals surface area contributed by atoms with Gasteiger partial charge in [0.05, 0.1) is 11.2 Å². The van der Waals surface area contributed by atoms with E-state index in [1.807, 2.05) is 6.92 Å². The van der Waals surface area contributed by atoms with E-state index in [4.69, 9.17) is 5.73 Å². The summed E-state index contributed by atoms with van der Waals surface area (Å²) in [4.78, 5) is 11.1. The molecule has 0 aromatic rings. The van der Waals surface area contributed by atoms with Crippen molar-refractivity contribution in [3.63, 3.8) is 0 Å². The third-order valence-electron chi connectivity index (χ3n) is 3.15. The maximum Gasteiger partial charge on any atom is 0.221 e. The van der Waals surface area contributed by atoms with E-state index in [2.05, 4.69) is 0 Å². The van der Waals surface area contributed by atoms with E-state index in [9.17, 15) is 13.2 Å². The number of amides is 1. The number of piperidine rings is 1. The zero-order valence-electron chi connectivity index (χ0n) is 10.0. The Bertz CT molecular complexity index is 364. The minimum absolute atomic E-state index is 0.0389. The van der Waals surface area contributed by atoms with Crippen LogP contribution in [0.5, 0.6) is 0 Å². The predicted molar refractivity (Wildman–Crippen MR) is 62.1 cm³/mol. The van der Waals surface area contributed by atoms with E-state index in [-0.39, 0.29) is 18.5 Å². The summed E-state index contributed by atoms with van der Waals surface area (Å²) < 4.78 is 25.5. The molecule has 16 heavy (non-hydrogen) atoms. The largest absolute Gasteiger partial charge is 0.369 e. The fraction of sp³-hybridized carbons (Fsp3) is 0.900. The Labute approximate surface area is 97.0 Å². The highest BCUT2D eigenvalue weighted by Crippen LogP contribution is 2.26. The first-order chi connectivity index (χ1) is 7.26. The second-order valence-corrected chi connectivity index (χ2v) is 7.13. The summed E-state index contributed by atoms with van der Waals surface area (Å²) in [5.74, 6) is -0.749. The van der Waals surface area contributed by atoms with Gasteiger partial charge in [-0.1, -0.05) is 0 Å². The molecule has 5 nitrogen and oxygen atoms in total. The van der Waals surface area contributed by atoms with Crippen LogP contribution >= 0.6 is 0 Å². The van der Waals surface area contributed by atoms with E-state index in [1.165, 1.54) is 4.31 Å². The van der Waals surface area contributed by atoms with Gasteiger partial charge >= 0.3 is 0 Å². The highest BCUT2D eigenvalue weighted by atomic mass is 32.2. The number of rotatable bonds is 3. The first-order valence-corrected chi connectivity index (χ1v) is 7.07. The van der Waals surface area contributed by atoms with Gasteiger partial charge in [0.15, 0.2) is 0 Å². The van der Waals surface area contributed by atoms with E-state index >= 15 is 0 Å². The number of hydrogen-bond acceptors (Lipinski definition) is 3. The van der Waals surface area contributed by atoms with Crippen LogP contribution in [0.2, 0.25) is 0 Å². The zero-order valence-corrected chi connectivity index (χ0v) is 10.8. The molecule has 1 fully saturated rings. The topological polar surface area (TPSA) is 80.5 Å². The predicted octanol–water partition coefficient (Wildman–Crippen LogP) is 0.310. The number of primary amides is 1. The highest BCUT2D eigenvalue weighted by Gasteiger charge is 2.37. The molecule has 6 heteroatoms. The number of nitrogens with two attached hydrogens (primary N) is 1. The molecule has 0 saturated carbocycles. The van der Waals surface area contributed by atoms with Crippen LogP contribution in [0.1, 0.15) is 33.6 Å². The molecule has 1 heterocycles. The van der Waals surface area contributed by atoms with Crippen molar-refractivity contribution >= 4 is 15.9 Å². The van der Waals surface area contributed by atoms with Crippen molar-refractivity contribution in [2.24, 2.45) is 11.7 Å². The van der Waals surface area contributed by atoms with Crippen molar-refractivity contribution in [1.82, 2.24) is 4.31 Å². The van der Waals surface area contributed by atoms with Gasteiger partial charge in [0.2, 0.25) is 15.9 Å². The number of hydrogen-bond donors (Lipinski definition) is 1. The van der Waals surface area contributed by atoms with Crippen LogP contribution in [0.3, 0.4) is 0 Å². The lowest BCUT2D eigenvalue weighted by atomic mass is 9.95. The normalized spacial score (nSPS) is 28.2. The molecule has 0 bridgehead atoms. The molecule has 0 aromatic carbocycles. The first kappa shape index (κ1) is 13.4. The summed E-state index contributed by atoms with van der Waals surface area (Å²) in [5.41, 5.74) is 5.23. The van der Waals surface area contributed by atoms with E-state index in [0.29, 0.717) is 12.8 Å². The van der Waals surface area contributed by atoms with Crippen LogP contribution in [-0.4, -0.2) is 36.5 Å². The molecule has 0 aliphatic carbocycles. The Hall–Kier alpha value is -0.620. The minimum atomic E-state index is -3.29. The SMILES string of the molecule is CC1CCC(C(N)=O)CN1S(=O)(=O)C(C)C. The molecule has 2 N–H and O–H groups in total. The van der Waals surface area contributed by atoms with Gasteiger partial charge in [-0.05, 0) is 33.6 Å². The summed E-state index contributed by atoms with van der Waals surface area (Å²) in [6.07, 6.45) is 1.38. The Balaban J connectivity index is 2.90. The van der Waals surface area contributed by atoms with Gasteiger partial charge in [0.25, 0.3) is 0 Å². The molecule has 2 unspecified atom stereocenters. The van der Waals surface area contributed by atoms with E-state index < -0.39 is 21.2 Å². The van der Waals surface area contributed by atoms with Crippen molar-refractivity contribution in [2.75, 3.05) is 6.54 Å². The fourth-order valence-electron chi connectivity index (χ4n) is 1.93. The Morgan fingerprint density at radius 1 is 1.38 bits per heavy atom. The highest BCUT2D eigenvalue weighted by molar-refractivity contribution is 7.89. The van der Waals surface area contributed by atoms with Crippen LogP contribution in [0.15, 0.2) is 0 Å². The van der Waals surface area contributed by atoms with Crippen LogP contribution in [0.4, 0.5) is 0 Å². The number of sulfonamides is 1.